The first-order chi connectivity index (χ1) is 11.4. The normalized spacial score (nSPS) is 13.1. The second-order valence-corrected chi connectivity index (χ2v) is 10.7. The third-order valence-corrected chi connectivity index (χ3v) is 3.48. The molecule has 160 valence electrons. The van der Waals surface area contributed by atoms with Crippen LogP contribution in [0.5, 0.6) is 0 Å². The van der Waals surface area contributed by atoms with Gasteiger partial charge >= 0.3 is 0 Å². The lowest BCUT2D eigenvalue weighted by atomic mass is 11.4. The van der Waals surface area contributed by atoms with Crippen LogP contribution >= 0.6 is 0 Å². The molecule has 0 aromatic rings. The molecule has 14 nitrogen and oxygen atoms in total. The Kier molecular flexibility index (Phi) is 12.9. The van der Waals surface area contributed by atoms with E-state index in [0.29, 0.717) is 0 Å². The summed E-state index contributed by atoms with van der Waals surface area (Å²) in [6.45, 7) is -2.30. The summed E-state index contributed by atoms with van der Waals surface area (Å²) in [6.07, 6.45) is 3.36. The van der Waals surface area contributed by atoms with E-state index in [0.717, 1.165) is 25.0 Å². The summed E-state index contributed by atoms with van der Waals surface area (Å²) in [5.74, 6) is 0. The Balaban J connectivity index is 0. The third kappa shape index (κ3) is 31.3. The molecule has 0 aliphatic heterocycles. The lowest BCUT2D eigenvalue weighted by molar-refractivity contribution is -0.0484. The van der Waals surface area contributed by atoms with Crippen molar-refractivity contribution in [3.8, 4) is 0 Å². The molecule has 0 radical (unpaired) electrons. The summed E-state index contributed by atoms with van der Waals surface area (Å²) in [6, 6.07) is 0. The standard InChI is InChI=1S/2C4H10O7S2/c2*1-12(5,6)10-3-9-4-11-13(2,7)8/h2*3-4H2,1-2H3. The second-order valence-electron chi connectivity index (χ2n) is 4.17. The molecule has 0 saturated heterocycles. The smallest absolute Gasteiger partial charge is 0.266 e. The average molecular weight is 469 g/mol. The van der Waals surface area contributed by atoms with Crippen molar-refractivity contribution in [3.63, 3.8) is 0 Å². The van der Waals surface area contributed by atoms with Gasteiger partial charge in [0.2, 0.25) is 0 Å². The van der Waals surface area contributed by atoms with Crippen molar-refractivity contribution in [1.29, 1.82) is 0 Å². The van der Waals surface area contributed by atoms with Gasteiger partial charge in [-0.25, -0.2) is 16.7 Å². The number of hydrogen-bond donors (Lipinski definition) is 0. The zero-order valence-corrected chi connectivity index (χ0v) is 17.4. The monoisotopic (exact) mass is 468 g/mol. The van der Waals surface area contributed by atoms with E-state index < -0.39 is 67.6 Å². The average Bonchev–Trinajstić information content (AvgIpc) is 2.33. The predicted molar refractivity (Wildman–Crippen MR) is 85.4 cm³/mol. The molecular weight excluding hydrogens is 448 g/mol. The van der Waals surface area contributed by atoms with Gasteiger partial charge in [-0.05, 0) is 0 Å². The molecule has 0 amide bonds. The third-order valence-electron chi connectivity index (χ3n) is 1.38. The van der Waals surface area contributed by atoms with E-state index in [1.54, 1.807) is 0 Å². The summed E-state index contributed by atoms with van der Waals surface area (Å²) in [4.78, 5) is 0. The molecule has 0 spiro atoms. The SMILES string of the molecule is CS(=O)(=O)OCOCOS(C)(=O)=O.CS(=O)(=O)OCOCOS(C)(=O)=O. The van der Waals surface area contributed by atoms with Crippen LogP contribution < -0.4 is 0 Å². The molecular formula is C8H20O14S4. The maximum absolute atomic E-state index is 10.3. The van der Waals surface area contributed by atoms with Gasteiger partial charge in [0, 0.05) is 0 Å². The molecule has 0 N–H and O–H groups in total. The summed E-state index contributed by atoms with van der Waals surface area (Å²) in [5, 5.41) is 0. The fraction of sp³-hybridized carbons (Fsp3) is 1.00. The van der Waals surface area contributed by atoms with Crippen LogP contribution in [0.15, 0.2) is 0 Å². The highest BCUT2D eigenvalue weighted by Crippen LogP contribution is 1.91. The Morgan fingerprint density at radius 1 is 0.423 bits per heavy atom. The van der Waals surface area contributed by atoms with Gasteiger partial charge in [-0.3, -0.25) is 0 Å². The molecule has 0 atom stereocenters. The van der Waals surface area contributed by atoms with Crippen LogP contribution in [0, 0.1) is 0 Å². The molecule has 0 aromatic carbocycles. The van der Waals surface area contributed by atoms with Crippen molar-refractivity contribution in [1.82, 2.24) is 0 Å². The first-order valence-electron chi connectivity index (χ1n) is 5.94. The van der Waals surface area contributed by atoms with Crippen LogP contribution in [-0.4, -0.2) is 85.9 Å². The number of rotatable bonds is 12. The zero-order chi connectivity index (χ0) is 21.1. The van der Waals surface area contributed by atoms with Crippen LogP contribution in [0.25, 0.3) is 0 Å². The van der Waals surface area contributed by atoms with E-state index in [4.69, 9.17) is 0 Å². The highest BCUT2D eigenvalue weighted by atomic mass is 32.2. The summed E-state index contributed by atoms with van der Waals surface area (Å²) in [5.41, 5.74) is 0. The topological polar surface area (TPSA) is 192 Å². The minimum absolute atomic E-state index is 0.575. The molecule has 0 heterocycles. The minimum atomic E-state index is -3.57. The van der Waals surface area contributed by atoms with E-state index in [1.807, 2.05) is 0 Å². The van der Waals surface area contributed by atoms with Crippen molar-refractivity contribution >= 4 is 40.5 Å². The van der Waals surface area contributed by atoms with Crippen molar-refractivity contribution < 1.29 is 59.9 Å². The molecule has 26 heavy (non-hydrogen) atoms. The first kappa shape index (κ1) is 27.8. The second kappa shape index (κ2) is 12.1. The van der Waals surface area contributed by atoms with Crippen molar-refractivity contribution in [2.75, 3.05) is 52.2 Å². The van der Waals surface area contributed by atoms with Gasteiger partial charge in [0.05, 0.1) is 25.0 Å². The van der Waals surface area contributed by atoms with Crippen LogP contribution in [0.4, 0.5) is 0 Å². The van der Waals surface area contributed by atoms with Gasteiger partial charge in [0.25, 0.3) is 40.5 Å². The molecule has 0 bridgehead atoms. The molecule has 0 fully saturated rings. The van der Waals surface area contributed by atoms with Crippen molar-refractivity contribution in [3.05, 3.63) is 0 Å². The van der Waals surface area contributed by atoms with Crippen LogP contribution in [0.1, 0.15) is 0 Å². The van der Waals surface area contributed by atoms with Gasteiger partial charge in [0.1, 0.15) is 0 Å². The lowest BCUT2D eigenvalue weighted by Crippen LogP contribution is -2.11. The Hall–Kier alpha value is -0.440. The van der Waals surface area contributed by atoms with E-state index in [2.05, 4.69) is 26.2 Å². The van der Waals surface area contributed by atoms with Gasteiger partial charge in [-0.15, -0.1) is 0 Å². The van der Waals surface area contributed by atoms with Gasteiger partial charge in [-0.2, -0.15) is 33.7 Å². The quantitative estimate of drug-likeness (QED) is 0.169. The first-order valence-corrected chi connectivity index (χ1v) is 13.2. The summed E-state index contributed by atoms with van der Waals surface area (Å²) >= 11 is 0. The van der Waals surface area contributed by atoms with E-state index in [-0.39, 0.29) is 0 Å². The molecule has 0 unspecified atom stereocenters. The highest BCUT2D eigenvalue weighted by Gasteiger charge is 2.04. The maximum atomic E-state index is 10.3. The van der Waals surface area contributed by atoms with E-state index in [9.17, 15) is 33.7 Å². The van der Waals surface area contributed by atoms with E-state index in [1.165, 1.54) is 0 Å². The zero-order valence-electron chi connectivity index (χ0n) is 14.2. The summed E-state index contributed by atoms with van der Waals surface area (Å²) in [7, 11) is -14.3. The van der Waals surface area contributed by atoms with Gasteiger partial charge < -0.3 is 9.47 Å². The fourth-order valence-electron chi connectivity index (χ4n) is 0.554. The predicted octanol–water partition coefficient (Wildman–Crippen LogP) is -2.26. The molecule has 18 heteroatoms. The maximum Gasteiger partial charge on any atom is 0.266 e. The fourth-order valence-corrected chi connectivity index (χ4v) is 1.53. The lowest BCUT2D eigenvalue weighted by Gasteiger charge is -2.02. The number of ether oxygens (including phenoxy) is 2. The largest absolute Gasteiger partial charge is 0.327 e. The number of hydrogen-bond acceptors (Lipinski definition) is 14. The minimum Gasteiger partial charge on any atom is -0.327 e. The van der Waals surface area contributed by atoms with Crippen LogP contribution in [0.2, 0.25) is 0 Å². The van der Waals surface area contributed by atoms with E-state index >= 15 is 0 Å². The molecule has 0 aliphatic rings. The van der Waals surface area contributed by atoms with Crippen molar-refractivity contribution in [2.24, 2.45) is 0 Å². The van der Waals surface area contributed by atoms with Crippen molar-refractivity contribution in [2.45, 2.75) is 0 Å². The molecule has 0 saturated carbocycles. The Morgan fingerprint density at radius 2 is 0.577 bits per heavy atom. The Labute approximate surface area is 152 Å². The Bertz CT molecular complexity index is 653. The van der Waals surface area contributed by atoms with Gasteiger partial charge in [0.15, 0.2) is 27.2 Å². The van der Waals surface area contributed by atoms with Crippen LogP contribution in [-0.2, 0) is 66.7 Å². The molecule has 0 rings (SSSR count). The molecule has 0 aliphatic carbocycles. The van der Waals surface area contributed by atoms with Crippen LogP contribution in [0.3, 0.4) is 0 Å². The Morgan fingerprint density at radius 3 is 0.692 bits per heavy atom. The highest BCUT2D eigenvalue weighted by molar-refractivity contribution is 7.86. The van der Waals surface area contributed by atoms with Gasteiger partial charge in [-0.1, -0.05) is 0 Å². The summed E-state index contributed by atoms with van der Waals surface area (Å²) < 4.78 is 108. The molecule has 0 aromatic heterocycles.